The Bertz CT molecular complexity index is 760. The molecule has 0 fully saturated rings. The van der Waals surface area contributed by atoms with Crippen LogP contribution in [0.15, 0.2) is 48.5 Å². The van der Waals surface area contributed by atoms with Gasteiger partial charge in [-0.25, -0.2) is 4.79 Å². The second-order valence-electron chi connectivity index (χ2n) is 6.14. The monoisotopic (exact) mass is 371 g/mol. The number of hydrogen-bond donors (Lipinski definition) is 1. The Kier molecular flexibility index (Phi) is 7.67. The summed E-state index contributed by atoms with van der Waals surface area (Å²) in [7, 11) is 2.96. The van der Waals surface area contributed by atoms with Gasteiger partial charge in [-0.05, 0) is 43.5 Å². The highest BCUT2D eigenvalue weighted by atomic mass is 16.5. The number of aryl methyl sites for hydroxylation is 1. The topological polar surface area (TPSA) is 73.9 Å². The van der Waals surface area contributed by atoms with Crippen LogP contribution >= 0.6 is 0 Å². The van der Waals surface area contributed by atoms with E-state index in [0.29, 0.717) is 11.5 Å². The van der Waals surface area contributed by atoms with Crippen molar-refractivity contribution in [3.63, 3.8) is 0 Å². The van der Waals surface area contributed by atoms with Crippen LogP contribution in [0.4, 0.5) is 0 Å². The van der Waals surface area contributed by atoms with Crippen molar-refractivity contribution < 1.29 is 23.8 Å². The van der Waals surface area contributed by atoms with Gasteiger partial charge in [0.25, 0.3) is 5.91 Å². The Balaban J connectivity index is 1.81. The zero-order valence-electron chi connectivity index (χ0n) is 15.9. The maximum Gasteiger partial charge on any atom is 0.342 e. The van der Waals surface area contributed by atoms with Crippen molar-refractivity contribution in [3.05, 3.63) is 59.7 Å². The van der Waals surface area contributed by atoms with Gasteiger partial charge in [-0.2, -0.15) is 0 Å². The lowest BCUT2D eigenvalue weighted by Crippen LogP contribution is -2.36. The molecule has 0 heterocycles. The lowest BCUT2D eigenvalue weighted by molar-refractivity contribution is -0.124. The van der Waals surface area contributed by atoms with Crippen LogP contribution < -0.4 is 14.8 Å². The van der Waals surface area contributed by atoms with Gasteiger partial charge >= 0.3 is 5.97 Å². The normalized spacial score (nSPS) is 11.4. The quantitative estimate of drug-likeness (QED) is 0.686. The van der Waals surface area contributed by atoms with E-state index in [-0.39, 0.29) is 24.1 Å². The van der Waals surface area contributed by atoms with Crippen LogP contribution in [0.25, 0.3) is 0 Å². The Labute approximate surface area is 159 Å². The third-order valence-corrected chi connectivity index (χ3v) is 4.08. The molecule has 2 aromatic carbocycles. The largest absolute Gasteiger partial charge is 0.497 e. The van der Waals surface area contributed by atoms with E-state index in [9.17, 15) is 9.59 Å². The molecule has 1 amide bonds. The van der Waals surface area contributed by atoms with E-state index in [1.54, 1.807) is 12.1 Å². The van der Waals surface area contributed by atoms with Crippen LogP contribution in [0.1, 0.15) is 29.3 Å². The number of benzene rings is 2. The summed E-state index contributed by atoms with van der Waals surface area (Å²) in [6, 6.07) is 14.8. The molecule has 0 aliphatic heterocycles. The number of methoxy groups -OCH3 is 2. The van der Waals surface area contributed by atoms with E-state index in [1.165, 1.54) is 25.8 Å². The third-order valence-electron chi connectivity index (χ3n) is 4.08. The average molecular weight is 371 g/mol. The predicted molar refractivity (Wildman–Crippen MR) is 102 cm³/mol. The summed E-state index contributed by atoms with van der Waals surface area (Å²) in [5.74, 6) is -0.122. The van der Waals surface area contributed by atoms with Crippen LogP contribution in [-0.2, 0) is 16.0 Å². The summed E-state index contributed by atoms with van der Waals surface area (Å²) in [5, 5.41) is 2.84. The summed E-state index contributed by atoms with van der Waals surface area (Å²) >= 11 is 0. The average Bonchev–Trinajstić information content (AvgIpc) is 2.70. The van der Waals surface area contributed by atoms with Crippen molar-refractivity contribution in [1.29, 1.82) is 0 Å². The predicted octanol–water partition coefficient (Wildman–Crippen LogP) is 3.00. The van der Waals surface area contributed by atoms with E-state index in [0.717, 1.165) is 12.8 Å². The van der Waals surface area contributed by atoms with Gasteiger partial charge in [0.05, 0.1) is 14.2 Å². The molecule has 0 saturated heterocycles. The van der Waals surface area contributed by atoms with Crippen molar-refractivity contribution in [2.75, 3.05) is 20.8 Å². The molecule has 0 aliphatic rings. The highest BCUT2D eigenvalue weighted by Crippen LogP contribution is 2.24. The van der Waals surface area contributed by atoms with Crippen molar-refractivity contribution in [2.24, 2.45) is 0 Å². The summed E-state index contributed by atoms with van der Waals surface area (Å²) in [6.45, 7) is 1.57. The maximum atomic E-state index is 12.3. The fraction of sp³-hybridized carbons (Fsp3) is 0.333. The maximum absolute atomic E-state index is 12.3. The Hall–Kier alpha value is -3.02. The molecule has 2 aromatic rings. The van der Waals surface area contributed by atoms with Gasteiger partial charge in [0.2, 0.25) is 0 Å². The summed E-state index contributed by atoms with van der Waals surface area (Å²) < 4.78 is 15.4. The minimum Gasteiger partial charge on any atom is -0.497 e. The lowest BCUT2D eigenvalue weighted by atomic mass is 10.1. The molecule has 0 radical (unpaired) electrons. The molecule has 0 saturated carbocycles. The number of nitrogens with one attached hydrogen (secondary N) is 1. The molecule has 6 heteroatoms. The van der Waals surface area contributed by atoms with Crippen LogP contribution in [0.3, 0.4) is 0 Å². The van der Waals surface area contributed by atoms with E-state index in [4.69, 9.17) is 14.2 Å². The van der Waals surface area contributed by atoms with Gasteiger partial charge in [0.1, 0.15) is 17.1 Å². The summed E-state index contributed by atoms with van der Waals surface area (Å²) in [6.07, 6.45) is 1.66. The second-order valence-corrected chi connectivity index (χ2v) is 6.14. The molecule has 0 bridgehead atoms. The molecule has 6 nitrogen and oxygen atoms in total. The molecule has 1 atom stereocenters. The Morgan fingerprint density at radius 3 is 2.44 bits per heavy atom. The SMILES string of the molecule is COc1ccc(OC)c(C(=O)OCC(=O)N[C@@H](C)CCc2ccccc2)c1. The second kappa shape index (κ2) is 10.2. The third kappa shape index (κ3) is 6.33. The van der Waals surface area contributed by atoms with Gasteiger partial charge in [-0.1, -0.05) is 30.3 Å². The molecule has 0 aliphatic carbocycles. The molecular weight excluding hydrogens is 346 g/mol. The summed E-state index contributed by atoms with van der Waals surface area (Å²) in [5.41, 5.74) is 1.43. The molecule has 2 rings (SSSR count). The number of rotatable bonds is 9. The first-order chi connectivity index (χ1) is 13.0. The van der Waals surface area contributed by atoms with Gasteiger partial charge in [0.15, 0.2) is 6.61 Å². The Morgan fingerprint density at radius 2 is 1.78 bits per heavy atom. The van der Waals surface area contributed by atoms with Crippen LogP contribution in [0.5, 0.6) is 11.5 Å². The van der Waals surface area contributed by atoms with Gasteiger partial charge in [0, 0.05) is 6.04 Å². The molecule has 1 N–H and O–H groups in total. The van der Waals surface area contributed by atoms with Crippen molar-refractivity contribution >= 4 is 11.9 Å². The fourth-order valence-electron chi connectivity index (χ4n) is 2.60. The van der Waals surface area contributed by atoms with Gasteiger partial charge < -0.3 is 19.5 Å². The number of ether oxygens (including phenoxy) is 3. The molecule has 27 heavy (non-hydrogen) atoms. The lowest BCUT2D eigenvalue weighted by Gasteiger charge is -2.14. The first-order valence-corrected chi connectivity index (χ1v) is 8.76. The molecule has 0 unspecified atom stereocenters. The first-order valence-electron chi connectivity index (χ1n) is 8.76. The van der Waals surface area contributed by atoms with Crippen molar-refractivity contribution in [3.8, 4) is 11.5 Å². The minimum atomic E-state index is -0.641. The molecule has 144 valence electrons. The Morgan fingerprint density at radius 1 is 1.04 bits per heavy atom. The van der Waals surface area contributed by atoms with E-state index >= 15 is 0 Å². The van der Waals surface area contributed by atoms with E-state index < -0.39 is 5.97 Å². The highest BCUT2D eigenvalue weighted by Gasteiger charge is 2.17. The molecule has 0 spiro atoms. The zero-order chi connectivity index (χ0) is 19.6. The molecule has 0 aromatic heterocycles. The smallest absolute Gasteiger partial charge is 0.342 e. The number of carbonyl (C=O) groups excluding carboxylic acids is 2. The van der Waals surface area contributed by atoms with Crippen LogP contribution in [0.2, 0.25) is 0 Å². The fourth-order valence-corrected chi connectivity index (χ4v) is 2.60. The number of esters is 1. The zero-order valence-corrected chi connectivity index (χ0v) is 15.9. The number of amides is 1. The van der Waals surface area contributed by atoms with E-state index in [2.05, 4.69) is 17.4 Å². The number of hydrogen-bond acceptors (Lipinski definition) is 5. The highest BCUT2D eigenvalue weighted by molar-refractivity contribution is 5.94. The van der Waals surface area contributed by atoms with Crippen molar-refractivity contribution in [1.82, 2.24) is 5.32 Å². The van der Waals surface area contributed by atoms with E-state index in [1.807, 2.05) is 25.1 Å². The minimum absolute atomic E-state index is 0.0252. The van der Waals surface area contributed by atoms with Gasteiger partial charge in [-0.15, -0.1) is 0 Å². The van der Waals surface area contributed by atoms with Crippen LogP contribution in [-0.4, -0.2) is 38.7 Å². The van der Waals surface area contributed by atoms with Gasteiger partial charge in [-0.3, -0.25) is 4.79 Å². The van der Waals surface area contributed by atoms with Crippen LogP contribution in [0, 0.1) is 0 Å². The van der Waals surface area contributed by atoms with Crippen molar-refractivity contribution in [2.45, 2.75) is 25.8 Å². The standard InChI is InChI=1S/C21H25NO5/c1-15(9-10-16-7-5-4-6-8-16)22-20(23)14-27-21(24)18-13-17(25-2)11-12-19(18)26-3/h4-8,11-13,15H,9-10,14H2,1-3H3,(H,22,23)/t15-/m0/s1. The summed E-state index contributed by atoms with van der Waals surface area (Å²) in [4.78, 5) is 24.3. The molecular formula is C21H25NO5. The number of carbonyl (C=O) groups is 2. The first kappa shape index (κ1) is 20.3.